The molecule has 0 bridgehead atoms. The molecule has 0 saturated heterocycles. The third-order valence-electron chi connectivity index (χ3n) is 6.44. The number of nitrogens with zero attached hydrogens (tertiary/aromatic N) is 1. The molecule has 0 radical (unpaired) electrons. The van der Waals surface area contributed by atoms with Crippen LogP contribution in [0.5, 0.6) is 11.5 Å². The second-order valence-corrected chi connectivity index (χ2v) is 8.72. The number of esters is 1. The summed E-state index contributed by atoms with van der Waals surface area (Å²) in [5.41, 5.74) is 3.83. The lowest BCUT2D eigenvalue weighted by molar-refractivity contribution is -0.143. The van der Waals surface area contributed by atoms with E-state index in [9.17, 15) is 9.59 Å². The average Bonchev–Trinajstić information content (AvgIpc) is 3.26. The predicted octanol–water partition coefficient (Wildman–Crippen LogP) is 4.82. The second-order valence-electron chi connectivity index (χ2n) is 8.28. The Morgan fingerprint density at radius 2 is 1.78 bits per heavy atom. The summed E-state index contributed by atoms with van der Waals surface area (Å²) in [6.45, 7) is 1.97. The number of Topliss-reactive ketones (excluding diaryl/α,β-unsaturated/α-hetero) is 1. The van der Waals surface area contributed by atoms with E-state index < -0.39 is 17.8 Å². The molecule has 3 atom stereocenters. The topological polar surface area (TPSA) is 74.2 Å². The standard InChI is InChI=1S/C25H22ClNO5/c1-13-22(25(29)30-2)23(15-5-8-20-21(11-15)32-12-31-20)24-18(27-13)9-16(10-19(24)28)14-3-6-17(26)7-4-14/h3-8,11,16,22-23H,9-10,12H2,1-2H3/t16-,22?,23-/m1/s1. The van der Waals surface area contributed by atoms with E-state index in [0.717, 1.165) is 16.8 Å². The zero-order valence-electron chi connectivity index (χ0n) is 17.8. The van der Waals surface area contributed by atoms with Gasteiger partial charge in [-0.3, -0.25) is 14.6 Å². The first-order chi connectivity index (χ1) is 15.5. The molecule has 2 aromatic rings. The van der Waals surface area contributed by atoms with Gasteiger partial charge in [0.15, 0.2) is 17.3 Å². The zero-order valence-corrected chi connectivity index (χ0v) is 18.5. The van der Waals surface area contributed by atoms with Crippen LogP contribution >= 0.6 is 11.6 Å². The lowest BCUT2D eigenvalue weighted by Crippen LogP contribution is -2.37. The minimum Gasteiger partial charge on any atom is -0.468 e. The minimum absolute atomic E-state index is 0.000908. The molecule has 2 heterocycles. The molecule has 0 amide bonds. The fourth-order valence-corrected chi connectivity index (χ4v) is 5.06. The first kappa shape index (κ1) is 20.8. The highest BCUT2D eigenvalue weighted by Gasteiger charge is 2.45. The molecule has 0 saturated carbocycles. The van der Waals surface area contributed by atoms with Gasteiger partial charge in [0, 0.05) is 34.3 Å². The van der Waals surface area contributed by atoms with Gasteiger partial charge in [-0.05, 0) is 54.7 Å². The van der Waals surface area contributed by atoms with Crippen molar-refractivity contribution in [1.82, 2.24) is 0 Å². The number of rotatable bonds is 3. The van der Waals surface area contributed by atoms with E-state index in [0.29, 0.717) is 40.6 Å². The highest BCUT2D eigenvalue weighted by molar-refractivity contribution is 6.30. The SMILES string of the molecule is COC(=O)C1C(C)=NC2=C(C(=O)C[C@H](c3ccc(Cl)cc3)C2)[C@@H]1c1ccc2c(c1)OCO2. The monoisotopic (exact) mass is 451 g/mol. The predicted molar refractivity (Wildman–Crippen MR) is 119 cm³/mol. The molecule has 1 aliphatic carbocycles. The maximum absolute atomic E-state index is 13.5. The summed E-state index contributed by atoms with van der Waals surface area (Å²) in [4.78, 5) is 31.0. The summed E-state index contributed by atoms with van der Waals surface area (Å²) in [5, 5.41) is 0.658. The Morgan fingerprint density at radius 3 is 2.53 bits per heavy atom. The Morgan fingerprint density at radius 1 is 1.06 bits per heavy atom. The number of carbonyl (C=O) groups is 2. The molecule has 32 heavy (non-hydrogen) atoms. The zero-order chi connectivity index (χ0) is 22.4. The Hall–Kier alpha value is -3.12. The number of ether oxygens (including phenoxy) is 3. The van der Waals surface area contributed by atoms with Crippen molar-refractivity contribution in [2.24, 2.45) is 10.9 Å². The molecular weight excluding hydrogens is 430 g/mol. The van der Waals surface area contributed by atoms with Gasteiger partial charge in [0.2, 0.25) is 6.79 Å². The molecule has 0 fully saturated rings. The molecule has 0 spiro atoms. The maximum Gasteiger partial charge on any atom is 0.315 e. The van der Waals surface area contributed by atoms with E-state index in [4.69, 9.17) is 30.8 Å². The number of halogens is 1. The van der Waals surface area contributed by atoms with E-state index in [1.807, 2.05) is 49.4 Å². The molecule has 2 aliphatic heterocycles. The smallest absolute Gasteiger partial charge is 0.315 e. The quantitative estimate of drug-likeness (QED) is 0.625. The van der Waals surface area contributed by atoms with E-state index >= 15 is 0 Å². The van der Waals surface area contributed by atoms with Gasteiger partial charge >= 0.3 is 5.97 Å². The van der Waals surface area contributed by atoms with Gasteiger partial charge in [-0.25, -0.2) is 0 Å². The number of carbonyl (C=O) groups excluding carboxylic acids is 2. The van der Waals surface area contributed by atoms with Crippen molar-refractivity contribution in [3.05, 3.63) is 69.9 Å². The Bertz CT molecular complexity index is 1170. The molecular formula is C25H22ClNO5. The number of hydrogen-bond acceptors (Lipinski definition) is 6. The number of aliphatic imine (C=N–C) groups is 1. The Kier molecular flexibility index (Phi) is 5.25. The number of benzene rings is 2. The molecule has 7 heteroatoms. The number of allylic oxidation sites excluding steroid dienone is 2. The van der Waals surface area contributed by atoms with E-state index in [2.05, 4.69) is 0 Å². The lowest BCUT2D eigenvalue weighted by atomic mass is 9.69. The summed E-state index contributed by atoms with van der Waals surface area (Å²) in [6, 6.07) is 13.1. The molecule has 1 unspecified atom stereocenters. The fraction of sp³-hybridized carbons (Fsp3) is 0.320. The third kappa shape index (κ3) is 3.48. The van der Waals surface area contributed by atoms with E-state index in [1.165, 1.54) is 7.11 Å². The number of ketones is 1. The number of methoxy groups -OCH3 is 1. The molecule has 3 aliphatic rings. The van der Waals surface area contributed by atoms with Gasteiger partial charge in [0.1, 0.15) is 5.92 Å². The van der Waals surface area contributed by atoms with Crippen molar-refractivity contribution in [2.75, 3.05) is 13.9 Å². The first-order valence-electron chi connectivity index (χ1n) is 10.5. The van der Waals surface area contributed by atoms with E-state index in [1.54, 1.807) is 0 Å². The van der Waals surface area contributed by atoms with Gasteiger partial charge in [0.05, 0.1) is 7.11 Å². The van der Waals surface area contributed by atoms with Crippen LogP contribution in [0.3, 0.4) is 0 Å². The number of fused-ring (bicyclic) bond motifs is 1. The van der Waals surface area contributed by atoms with Crippen molar-refractivity contribution in [1.29, 1.82) is 0 Å². The average molecular weight is 452 g/mol. The van der Waals surface area contributed by atoms with Crippen LogP contribution in [0, 0.1) is 5.92 Å². The summed E-state index contributed by atoms with van der Waals surface area (Å²) in [7, 11) is 1.36. The van der Waals surface area contributed by atoms with Crippen LogP contribution in [0.4, 0.5) is 0 Å². The highest BCUT2D eigenvalue weighted by atomic mass is 35.5. The summed E-state index contributed by atoms with van der Waals surface area (Å²) in [5.74, 6) is -0.292. The molecule has 0 N–H and O–H groups in total. The van der Waals surface area contributed by atoms with Crippen LogP contribution in [-0.2, 0) is 14.3 Å². The Labute approximate surface area is 190 Å². The van der Waals surface area contributed by atoms with Gasteiger partial charge in [-0.2, -0.15) is 0 Å². The number of hydrogen-bond donors (Lipinski definition) is 0. The van der Waals surface area contributed by atoms with Crippen LogP contribution < -0.4 is 9.47 Å². The third-order valence-corrected chi connectivity index (χ3v) is 6.69. The van der Waals surface area contributed by atoms with Crippen molar-refractivity contribution >= 4 is 29.1 Å². The molecule has 164 valence electrons. The minimum atomic E-state index is -0.671. The molecule has 5 rings (SSSR count). The normalized spacial score (nSPS) is 24.2. The van der Waals surface area contributed by atoms with Crippen molar-refractivity contribution < 1.29 is 23.8 Å². The van der Waals surface area contributed by atoms with Crippen LogP contribution in [0.2, 0.25) is 5.02 Å². The van der Waals surface area contributed by atoms with Crippen molar-refractivity contribution in [2.45, 2.75) is 31.6 Å². The van der Waals surface area contributed by atoms with Gasteiger partial charge < -0.3 is 14.2 Å². The Balaban J connectivity index is 1.60. The maximum atomic E-state index is 13.5. The fourth-order valence-electron chi connectivity index (χ4n) is 4.93. The van der Waals surface area contributed by atoms with Crippen LogP contribution in [-0.4, -0.2) is 31.4 Å². The van der Waals surface area contributed by atoms with Crippen molar-refractivity contribution in [3.8, 4) is 11.5 Å². The van der Waals surface area contributed by atoms with Crippen LogP contribution in [0.1, 0.15) is 42.7 Å². The summed E-state index contributed by atoms with van der Waals surface area (Å²) < 4.78 is 16.1. The van der Waals surface area contributed by atoms with Crippen LogP contribution in [0.15, 0.2) is 58.7 Å². The second kappa shape index (κ2) is 8.10. The summed E-state index contributed by atoms with van der Waals surface area (Å²) >= 11 is 6.03. The highest BCUT2D eigenvalue weighted by Crippen LogP contribution is 2.48. The van der Waals surface area contributed by atoms with Gasteiger partial charge in [-0.1, -0.05) is 29.8 Å². The molecule has 0 aromatic heterocycles. The largest absolute Gasteiger partial charge is 0.468 e. The molecule has 6 nitrogen and oxygen atoms in total. The lowest BCUT2D eigenvalue weighted by Gasteiger charge is -2.36. The summed E-state index contributed by atoms with van der Waals surface area (Å²) in [6.07, 6.45) is 0.971. The van der Waals surface area contributed by atoms with Crippen molar-refractivity contribution in [3.63, 3.8) is 0 Å². The van der Waals surface area contributed by atoms with E-state index in [-0.39, 0.29) is 18.5 Å². The molecule has 2 aromatic carbocycles. The van der Waals surface area contributed by atoms with Crippen LogP contribution in [0.25, 0.3) is 0 Å². The first-order valence-corrected chi connectivity index (χ1v) is 10.9. The van der Waals surface area contributed by atoms with Gasteiger partial charge in [0.25, 0.3) is 0 Å². The van der Waals surface area contributed by atoms with Gasteiger partial charge in [-0.15, -0.1) is 0 Å².